The molecule has 0 bridgehead atoms. The molecule has 3 nitrogen and oxygen atoms in total. The standard InChI is InChI=1S/C12H16BrNO2S/c13-10-3-2-9(17-10)4-7-14-8-12(11(15)16)5-1-6-12/h2-3,14H,1,4-8H2,(H,15,16). The summed E-state index contributed by atoms with van der Waals surface area (Å²) in [6.45, 7) is 1.46. The summed E-state index contributed by atoms with van der Waals surface area (Å²) in [6.07, 6.45) is 3.65. The van der Waals surface area contributed by atoms with Crippen LogP contribution >= 0.6 is 27.3 Å². The Hall–Kier alpha value is -0.390. The van der Waals surface area contributed by atoms with Crippen LogP contribution in [0.1, 0.15) is 24.1 Å². The van der Waals surface area contributed by atoms with E-state index in [-0.39, 0.29) is 0 Å². The average molecular weight is 318 g/mol. The van der Waals surface area contributed by atoms with Gasteiger partial charge in [-0.3, -0.25) is 4.79 Å². The zero-order chi connectivity index (χ0) is 12.3. The number of halogens is 1. The first-order valence-electron chi connectivity index (χ1n) is 5.81. The van der Waals surface area contributed by atoms with Gasteiger partial charge in [-0.2, -0.15) is 0 Å². The maximum atomic E-state index is 11.1. The van der Waals surface area contributed by atoms with Crippen LogP contribution < -0.4 is 5.32 Å². The first-order chi connectivity index (χ1) is 8.12. The first kappa shape index (κ1) is 13.1. The molecule has 1 aliphatic rings. The molecule has 0 atom stereocenters. The summed E-state index contributed by atoms with van der Waals surface area (Å²) >= 11 is 5.16. The molecule has 0 spiro atoms. The summed E-state index contributed by atoms with van der Waals surface area (Å²) in [5, 5.41) is 12.4. The fourth-order valence-corrected chi connectivity index (χ4v) is 3.58. The third-order valence-corrected chi connectivity index (χ3v) is 5.09. The number of carbonyl (C=O) groups is 1. The third kappa shape index (κ3) is 3.09. The van der Waals surface area contributed by atoms with Crippen molar-refractivity contribution in [3.8, 4) is 0 Å². The molecule has 1 aromatic rings. The zero-order valence-corrected chi connectivity index (χ0v) is 11.9. The third-order valence-electron chi connectivity index (χ3n) is 3.40. The predicted molar refractivity (Wildman–Crippen MR) is 72.5 cm³/mol. The number of carboxylic acids is 1. The number of rotatable bonds is 6. The molecule has 2 rings (SSSR count). The molecule has 1 fully saturated rings. The van der Waals surface area contributed by atoms with Crippen LogP contribution in [0.3, 0.4) is 0 Å². The van der Waals surface area contributed by atoms with E-state index in [0.29, 0.717) is 6.54 Å². The van der Waals surface area contributed by atoms with Crippen LogP contribution in [0.15, 0.2) is 15.9 Å². The highest BCUT2D eigenvalue weighted by molar-refractivity contribution is 9.11. The Bertz CT molecular complexity index is 401. The van der Waals surface area contributed by atoms with Crippen molar-refractivity contribution in [2.45, 2.75) is 25.7 Å². The largest absolute Gasteiger partial charge is 0.481 e. The van der Waals surface area contributed by atoms with Gasteiger partial charge in [0.1, 0.15) is 0 Å². The Balaban J connectivity index is 1.71. The number of aliphatic carboxylic acids is 1. The summed E-state index contributed by atoms with van der Waals surface area (Å²) < 4.78 is 1.15. The summed E-state index contributed by atoms with van der Waals surface area (Å²) in [4.78, 5) is 12.4. The van der Waals surface area contributed by atoms with E-state index in [2.05, 4.69) is 27.3 Å². The Morgan fingerprint density at radius 3 is 2.76 bits per heavy atom. The van der Waals surface area contributed by atoms with Crippen LogP contribution in [-0.2, 0) is 11.2 Å². The van der Waals surface area contributed by atoms with Crippen LogP contribution in [0.5, 0.6) is 0 Å². The second kappa shape index (κ2) is 5.50. The molecular weight excluding hydrogens is 302 g/mol. The number of thiophene rings is 1. The monoisotopic (exact) mass is 317 g/mol. The molecule has 2 N–H and O–H groups in total. The topological polar surface area (TPSA) is 49.3 Å². The van der Waals surface area contributed by atoms with Gasteiger partial charge in [0.05, 0.1) is 9.20 Å². The second-order valence-electron chi connectivity index (χ2n) is 4.57. The fourth-order valence-electron chi connectivity index (χ4n) is 2.10. The van der Waals surface area contributed by atoms with Gasteiger partial charge in [0, 0.05) is 11.4 Å². The highest BCUT2D eigenvalue weighted by atomic mass is 79.9. The molecule has 0 saturated heterocycles. The molecule has 17 heavy (non-hydrogen) atoms. The smallest absolute Gasteiger partial charge is 0.310 e. The lowest BCUT2D eigenvalue weighted by atomic mass is 9.69. The lowest BCUT2D eigenvalue weighted by molar-refractivity contribution is -0.154. The van der Waals surface area contributed by atoms with E-state index in [1.54, 1.807) is 11.3 Å². The van der Waals surface area contributed by atoms with Gasteiger partial charge in [-0.15, -0.1) is 11.3 Å². The van der Waals surface area contributed by atoms with Crippen LogP contribution in [0, 0.1) is 5.41 Å². The average Bonchev–Trinajstić information content (AvgIpc) is 2.61. The molecule has 1 aromatic heterocycles. The highest BCUT2D eigenvalue weighted by Crippen LogP contribution is 2.40. The van der Waals surface area contributed by atoms with Crippen molar-refractivity contribution in [3.63, 3.8) is 0 Å². The van der Waals surface area contributed by atoms with Gasteiger partial charge in [-0.05, 0) is 53.9 Å². The summed E-state index contributed by atoms with van der Waals surface area (Å²) in [5.41, 5.74) is -0.476. The Morgan fingerprint density at radius 2 is 2.29 bits per heavy atom. The van der Waals surface area contributed by atoms with Crippen LogP contribution in [-0.4, -0.2) is 24.2 Å². The van der Waals surface area contributed by atoms with Gasteiger partial charge in [0.2, 0.25) is 0 Å². The maximum absolute atomic E-state index is 11.1. The fraction of sp³-hybridized carbons (Fsp3) is 0.583. The van der Waals surface area contributed by atoms with E-state index in [4.69, 9.17) is 5.11 Å². The molecule has 94 valence electrons. The normalized spacial score (nSPS) is 17.7. The highest BCUT2D eigenvalue weighted by Gasteiger charge is 2.43. The van der Waals surface area contributed by atoms with Gasteiger partial charge in [0.25, 0.3) is 0 Å². The van der Waals surface area contributed by atoms with Gasteiger partial charge in [-0.1, -0.05) is 6.42 Å². The van der Waals surface area contributed by atoms with Crippen molar-refractivity contribution in [2.75, 3.05) is 13.1 Å². The molecule has 0 amide bonds. The van der Waals surface area contributed by atoms with E-state index in [1.165, 1.54) is 4.88 Å². The molecule has 1 heterocycles. The van der Waals surface area contributed by atoms with Gasteiger partial charge < -0.3 is 10.4 Å². The second-order valence-corrected chi connectivity index (χ2v) is 7.12. The van der Waals surface area contributed by atoms with Gasteiger partial charge in [-0.25, -0.2) is 0 Å². The summed E-state index contributed by atoms with van der Waals surface area (Å²) in [7, 11) is 0. The Labute approximate surface area is 113 Å². The van der Waals surface area contributed by atoms with Crippen molar-refractivity contribution in [1.29, 1.82) is 0 Å². The number of hydrogen-bond acceptors (Lipinski definition) is 3. The minimum Gasteiger partial charge on any atom is -0.481 e. The Morgan fingerprint density at radius 1 is 1.53 bits per heavy atom. The van der Waals surface area contributed by atoms with Crippen molar-refractivity contribution in [1.82, 2.24) is 5.32 Å². The minimum atomic E-state index is -0.643. The van der Waals surface area contributed by atoms with Crippen LogP contribution in [0.25, 0.3) is 0 Å². The number of carboxylic acid groups (broad SMARTS) is 1. The molecule has 5 heteroatoms. The van der Waals surface area contributed by atoms with Crippen molar-refractivity contribution >= 4 is 33.2 Å². The van der Waals surface area contributed by atoms with E-state index in [0.717, 1.165) is 36.0 Å². The quantitative estimate of drug-likeness (QED) is 0.793. The van der Waals surface area contributed by atoms with Crippen LogP contribution in [0.2, 0.25) is 0 Å². The summed E-state index contributed by atoms with van der Waals surface area (Å²) in [6, 6.07) is 4.15. The van der Waals surface area contributed by atoms with Gasteiger partial charge in [0.15, 0.2) is 0 Å². The Kier molecular flexibility index (Phi) is 4.22. The predicted octanol–water partition coefficient (Wildman–Crippen LogP) is 2.90. The molecule has 0 radical (unpaired) electrons. The molecule has 0 aliphatic heterocycles. The van der Waals surface area contributed by atoms with Gasteiger partial charge >= 0.3 is 5.97 Å². The summed E-state index contributed by atoms with van der Waals surface area (Å²) in [5.74, 6) is -0.643. The van der Waals surface area contributed by atoms with Crippen LogP contribution in [0.4, 0.5) is 0 Å². The van der Waals surface area contributed by atoms with Crippen molar-refractivity contribution in [3.05, 3.63) is 20.8 Å². The molecular formula is C12H16BrNO2S. The SMILES string of the molecule is O=C(O)C1(CNCCc2ccc(Br)s2)CCC1. The lowest BCUT2D eigenvalue weighted by Gasteiger charge is -2.37. The number of nitrogens with one attached hydrogen (secondary N) is 1. The number of hydrogen-bond donors (Lipinski definition) is 2. The molecule has 1 saturated carbocycles. The first-order valence-corrected chi connectivity index (χ1v) is 7.42. The van der Waals surface area contributed by atoms with E-state index >= 15 is 0 Å². The van der Waals surface area contributed by atoms with Crippen molar-refractivity contribution in [2.24, 2.45) is 5.41 Å². The lowest BCUT2D eigenvalue weighted by Crippen LogP contribution is -2.46. The zero-order valence-electron chi connectivity index (χ0n) is 9.54. The molecule has 0 aromatic carbocycles. The molecule has 0 unspecified atom stereocenters. The maximum Gasteiger partial charge on any atom is 0.310 e. The molecule has 1 aliphatic carbocycles. The van der Waals surface area contributed by atoms with E-state index in [1.807, 2.05) is 6.07 Å². The minimum absolute atomic E-state index is 0.476. The van der Waals surface area contributed by atoms with E-state index < -0.39 is 11.4 Å². The van der Waals surface area contributed by atoms with Crippen molar-refractivity contribution < 1.29 is 9.90 Å². The van der Waals surface area contributed by atoms with E-state index in [9.17, 15) is 4.79 Å².